The summed E-state index contributed by atoms with van der Waals surface area (Å²) >= 11 is 0. The summed E-state index contributed by atoms with van der Waals surface area (Å²) in [6.07, 6.45) is 0.836. The van der Waals surface area contributed by atoms with E-state index < -0.39 is 5.60 Å². The average molecular weight is 347 g/mol. The van der Waals surface area contributed by atoms with Crippen LogP contribution in [0.3, 0.4) is 0 Å². The van der Waals surface area contributed by atoms with Crippen LogP contribution in [0, 0.1) is 20.8 Å². The van der Waals surface area contributed by atoms with Crippen LogP contribution < -0.4 is 0 Å². The van der Waals surface area contributed by atoms with Gasteiger partial charge in [0.25, 0.3) is 0 Å². The SMILES string of the molecule is Cc1ccc(CC(O[SiH3])(c2ccc(C)cc2)c2ccc(C)cc2)cc1. The number of aryl methyl sites for hydroxylation is 3. The molecule has 0 fully saturated rings. The molecule has 0 unspecified atom stereocenters. The largest absolute Gasteiger partial charge is 0.414 e. The quantitative estimate of drug-likeness (QED) is 0.622. The van der Waals surface area contributed by atoms with Crippen molar-refractivity contribution in [2.45, 2.75) is 32.8 Å². The maximum atomic E-state index is 6.36. The molecule has 2 heteroatoms. The van der Waals surface area contributed by atoms with Gasteiger partial charge in [-0.3, -0.25) is 0 Å². The Labute approximate surface area is 154 Å². The molecule has 0 heterocycles. The molecular weight excluding hydrogens is 320 g/mol. The van der Waals surface area contributed by atoms with Crippen LogP contribution in [0.25, 0.3) is 0 Å². The van der Waals surface area contributed by atoms with E-state index in [2.05, 4.69) is 93.6 Å². The normalized spacial score (nSPS) is 11.6. The fourth-order valence-electron chi connectivity index (χ4n) is 3.32. The Balaban J connectivity index is 2.12. The van der Waals surface area contributed by atoms with Crippen LogP contribution in [0.2, 0.25) is 0 Å². The van der Waals surface area contributed by atoms with Crippen molar-refractivity contribution in [3.8, 4) is 0 Å². The monoisotopic (exact) mass is 346 g/mol. The van der Waals surface area contributed by atoms with Gasteiger partial charge in [-0.25, -0.2) is 0 Å². The van der Waals surface area contributed by atoms with Crippen LogP contribution in [0.1, 0.15) is 33.4 Å². The lowest BCUT2D eigenvalue weighted by atomic mass is 9.80. The van der Waals surface area contributed by atoms with Crippen LogP contribution in [-0.2, 0) is 16.4 Å². The van der Waals surface area contributed by atoms with Gasteiger partial charge >= 0.3 is 0 Å². The molecule has 0 radical (unpaired) electrons. The molecule has 25 heavy (non-hydrogen) atoms. The molecule has 0 saturated carbocycles. The molecule has 0 N–H and O–H groups in total. The number of benzene rings is 3. The van der Waals surface area contributed by atoms with Crippen molar-refractivity contribution >= 4 is 10.5 Å². The Hall–Kier alpha value is -2.16. The van der Waals surface area contributed by atoms with E-state index >= 15 is 0 Å². The second-order valence-corrected chi connectivity index (χ2v) is 7.33. The molecule has 0 spiro atoms. The molecule has 1 nitrogen and oxygen atoms in total. The summed E-state index contributed by atoms with van der Waals surface area (Å²) in [6, 6.07) is 26.3. The highest BCUT2D eigenvalue weighted by molar-refractivity contribution is 5.98. The standard InChI is InChI=1S/C23H26OSi/c1-17-4-10-20(11-5-17)16-23(24-25,21-12-6-18(2)7-13-21)22-14-8-19(3)9-15-22/h4-15H,16H2,1-3,25H3. The van der Waals surface area contributed by atoms with Crippen molar-refractivity contribution in [2.75, 3.05) is 0 Å². The lowest BCUT2D eigenvalue weighted by molar-refractivity contribution is 0.125. The van der Waals surface area contributed by atoms with E-state index in [9.17, 15) is 0 Å². The summed E-state index contributed by atoms with van der Waals surface area (Å²) in [5.74, 6) is 0. The number of rotatable bonds is 5. The lowest BCUT2D eigenvalue weighted by Crippen LogP contribution is -2.33. The third-order valence-electron chi connectivity index (χ3n) is 4.96. The van der Waals surface area contributed by atoms with Crippen molar-refractivity contribution in [3.05, 3.63) is 106 Å². The van der Waals surface area contributed by atoms with Gasteiger partial charge in [0.15, 0.2) is 0 Å². The molecule has 0 aliphatic rings. The van der Waals surface area contributed by atoms with E-state index in [4.69, 9.17) is 4.43 Å². The summed E-state index contributed by atoms with van der Waals surface area (Å²) in [6.45, 7) is 6.37. The fourth-order valence-corrected chi connectivity index (χ4v) is 3.93. The van der Waals surface area contributed by atoms with Crippen molar-refractivity contribution in [2.24, 2.45) is 0 Å². The highest BCUT2D eigenvalue weighted by Crippen LogP contribution is 2.37. The minimum absolute atomic E-state index is 0.428. The molecule has 128 valence electrons. The molecule has 0 amide bonds. The third-order valence-corrected chi connectivity index (χ3v) is 5.65. The second-order valence-electron chi connectivity index (χ2n) is 6.93. The number of hydrogen-bond donors (Lipinski definition) is 0. The van der Waals surface area contributed by atoms with Gasteiger partial charge in [0.2, 0.25) is 0 Å². The molecule has 0 aromatic heterocycles. The Bertz CT molecular complexity index is 772. The molecule has 0 bridgehead atoms. The fraction of sp³-hybridized carbons (Fsp3) is 0.217. The summed E-state index contributed by atoms with van der Waals surface area (Å²) in [5, 5.41) is 0. The predicted octanol–water partition coefficient (Wildman–Crippen LogP) is 4.40. The zero-order valence-corrected chi connectivity index (χ0v) is 17.5. The van der Waals surface area contributed by atoms with E-state index in [0.29, 0.717) is 10.5 Å². The average Bonchev–Trinajstić information content (AvgIpc) is 2.63. The summed E-state index contributed by atoms with van der Waals surface area (Å²) in [7, 11) is 0.671. The summed E-state index contributed by atoms with van der Waals surface area (Å²) in [4.78, 5) is 0. The van der Waals surface area contributed by atoms with Gasteiger partial charge in [-0.2, -0.15) is 0 Å². The first kappa shape index (κ1) is 17.7. The molecule has 0 aliphatic carbocycles. The third kappa shape index (κ3) is 3.76. The Morgan fingerprint density at radius 1 is 0.640 bits per heavy atom. The summed E-state index contributed by atoms with van der Waals surface area (Å²) < 4.78 is 6.36. The Kier molecular flexibility index (Phi) is 5.21. The zero-order chi connectivity index (χ0) is 17.9. The van der Waals surface area contributed by atoms with Gasteiger partial charge in [-0.05, 0) is 37.5 Å². The van der Waals surface area contributed by atoms with Gasteiger partial charge in [0.05, 0.1) is 0 Å². The molecule has 3 aromatic carbocycles. The maximum absolute atomic E-state index is 6.36. The van der Waals surface area contributed by atoms with Gasteiger partial charge < -0.3 is 4.43 Å². The highest BCUT2D eigenvalue weighted by Gasteiger charge is 2.34. The smallest absolute Gasteiger partial charge is 0.147 e. The van der Waals surface area contributed by atoms with E-state index in [1.807, 2.05) is 0 Å². The number of hydrogen-bond acceptors (Lipinski definition) is 1. The van der Waals surface area contributed by atoms with E-state index in [0.717, 1.165) is 6.42 Å². The van der Waals surface area contributed by atoms with Crippen LogP contribution in [0.4, 0.5) is 0 Å². The second kappa shape index (κ2) is 7.38. The lowest BCUT2D eigenvalue weighted by Gasteiger charge is -2.35. The zero-order valence-electron chi connectivity index (χ0n) is 15.5. The van der Waals surface area contributed by atoms with Crippen LogP contribution in [-0.4, -0.2) is 10.5 Å². The maximum Gasteiger partial charge on any atom is 0.147 e. The molecule has 3 rings (SSSR count). The Morgan fingerprint density at radius 2 is 1.00 bits per heavy atom. The van der Waals surface area contributed by atoms with Crippen molar-refractivity contribution in [1.82, 2.24) is 0 Å². The van der Waals surface area contributed by atoms with E-state index in [1.165, 1.54) is 33.4 Å². The van der Waals surface area contributed by atoms with Gasteiger partial charge in [0, 0.05) is 6.42 Å². The van der Waals surface area contributed by atoms with Crippen molar-refractivity contribution in [3.63, 3.8) is 0 Å². The minimum atomic E-state index is -0.428. The first-order valence-corrected chi connectivity index (χ1v) is 9.60. The van der Waals surface area contributed by atoms with Gasteiger partial charge in [-0.1, -0.05) is 89.5 Å². The van der Waals surface area contributed by atoms with E-state index in [-0.39, 0.29) is 0 Å². The molecule has 3 aromatic rings. The summed E-state index contributed by atoms with van der Waals surface area (Å²) in [5.41, 5.74) is 7.13. The van der Waals surface area contributed by atoms with Crippen molar-refractivity contribution < 1.29 is 4.43 Å². The van der Waals surface area contributed by atoms with Crippen LogP contribution in [0.15, 0.2) is 72.8 Å². The molecule has 0 aliphatic heterocycles. The first-order chi connectivity index (χ1) is 12.0. The molecular formula is C23H26OSi. The van der Waals surface area contributed by atoms with Gasteiger partial charge in [-0.15, -0.1) is 0 Å². The predicted molar refractivity (Wildman–Crippen MR) is 109 cm³/mol. The van der Waals surface area contributed by atoms with E-state index in [1.54, 1.807) is 0 Å². The Morgan fingerprint density at radius 3 is 1.36 bits per heavy atom. The highest BCUT2D eigenvalue weighted by atomic mass is 28.2. The molecule has 0 saturated heterocycles. The van der Waals surface area contributed by atoms with Crippen molar-refractivity contribution in [1.29, 1.82) is 0 Å². The van der Waals surface area contributed by atoms with Gasteiger partial charge in [0.1, 0.15) is 16.1 Å². The topological polar surface area (TPSA) is 9.23 Å². The van der Waals surface area contributed by atoms with Crippen LogP contribution >= 0.6 is 0 Å². The first-order valence-electron chi connectivity index (χ1n) is 8.78. The molecule has 0 atom stereocenters. The van der Waals surface area contributed by atoms with Crippen LogP contribution in [0.5, 0.6) is 0 Å². The minimum Gasteiger partial charge on any atom is -0.414 e.